The molecule has 2 N–H and O–H groups in total. The molecule has 0 unspecified atom stereocenters. The van der Waals surface area contributed by atoms with Crippen molar-refractivity contribution in [3.63, 3.8) is 0 Å². The monoisotopic (exact) mass is 222 g/mol. The standard InChI is InChI=1S/C6H5BrF2N2/c1-2-3(8)5(7)11-6(10)4(2)9/h1H3,(H2,10,11). The lowest BCUT2D eigenvalue weighted by molar-refractivity contribution is 0.556. The van der Waals surface area contributed by atoms with Crippen molar-refractivity contribution in [3.8, 4) is 0 Å². The number of hydrogen-bond donors (Lipinski definition) is 1. The quantitative estimate of drug-likeness (QED) is 0.683. The van der Waals surface area contributed by atoms with Crippen LogP contribution in [-0.4, -0.2) is 4.98 Å². The summed E-state index contributed by atoms with van der Waals surface area (Å²) in [6.45, 7) is 1.30. The molecule has 0 saturated heterocycles. The van der Waals surface area contributed by atoms with Crippen molar-refractivity contribution in [2.75, 3.05) is 5.73 Å². The minimum absolute atomic E-state index is 0.0612. The molecule has 0 fully saturated rings. The van der Waals surface area contributed by atoms with Crippen LogP contribution in [0, 0.1) is 18.6 Å². The maximum atomic E-state index is 12.8. The molecule has 5 heteroatoms. The zero-order chi connectivity index (χ0) is 8.59. The van der Waals surface area contributed by atoms with E-state index in [1.54, 1.807) is 0 Å². The van der Waals surface area contributed by atoms with Crippen LogP contribution in [-0.2, 0) is 0 Å². The van der Waals surface area contributed by atoms with Gasteiger partial charge in [-0.05, 0) is 22.9 Å². The maximum absolute atomic E-state index is 12.8. The smallest absolute Gasteiger partial charge is 0.171 e. The fourth-order valence-electron chi connectivity index (χ4n) is 0.647. The first-order valence-electron chi connectivity index (χ1n) is 2.80. The van der Waals surface area contributed by atoms with Crippen molar-refractivity contribution >= 4 is 21.7 Å². The molecule has 1 aromatic heterocycles. The van der Waals surface area contributed by atoms with Crippen molar-refractivity contribution in [2.24, 2.45) is 0 Å². The summed E-state index contributed by atoms with van der Waals surface area (Å²) in [7, 11) is 0. The number of hydrogen-bond acceptors (Lipinski definition) is 2. The van der Waals surface area contributed by atoms with E-state index in [0.717, 1.165) is 0 Å². The van der Waals surface area contributed by atoms with E-state index in [4.69, 9.17) is 5.73 Å². The Kier molecular flexibility index (Phi) is 2.08. The molecule has 0 atom stereocenters. The van der Waals surface area contributed by atoms with Gasteiger partial charge >= 0.3 is 0 Å². The van der Waals surface area contributed by atoms with Crippen LogP contribution in [0.3, 0.4) is 0 Å². The SMILES string of the molecule is Cc1c(F)c(N)nc(Br)c1F. The summed E-state index contributed by atoms with van der Waals surface area (Å²) in [5.74, 6) is -1.81. The van der Waals surface area contributed by atoms with Crippen LogP contribution in [0.25, 0.3) is 0 Å². The summed E-state index contributed by atoms with van der Waals surface area (Å²) in [6, 6.07) is 0. The van der Waals surface area contributed by atoms with Gasteiger partial charge in [0.25, 0.3) is 0 Å². The number of halogens is 3. The van der Waals surface area contributed by atoms with Crippen molar-refractivity contribution in [3.05, 3.63) is 21.8 Å². The van der Waals surface area contributed by atoms with E-state index in [1.165, 1.54) is 6.92 Å². The molecule has 0 aromatic carbocycles. The second-order valence-corrected chi connectivity index (χ2v) is 2.79. The summed E-state index contributed by atoms with van der Waals surface area (Å²) in [5, 5.41) is 0. The molecule has 0 bridgehead atoms. The number of nitrogens with zero attached hydrogens (tertiary/aromatic N) is 1. The summed E-state index contributed by atoms with van der Waals surface area (Å²) < 4.78 is 25.4. The van der Waals surface area contributed by atoms with E-state index < -0.39 is 11.6 Å². The van der Waals surface area contributed by atoms with Gasteiger partial charge in [0.1, 0.15) is 4.60 Å². The molecule has 60 valence electrons. The van der Waals surface area contributed by atoms with Gasteiger partial charge in [-0.2, -0.15) is 0 Å². The molecule has 0 aliphatic rings. The third-order valence-corrected chi connectivity index (χ3v) is 1.81. The number of aromatic nitrogens is 1. The van der Waals surface area contributed by atoms with Gasteiger partial charge in [0.05, 0.1) is 0 Å². The van der Waals surface area contributed by atoms with E-state index in [-0.39, 0.29) is 16.0 Å². The van der Waals surface area contributed by atoms with Gasteiger partial charge in [-0.15, -0.1) is 0 Å². The van der Waals surface area contributed by atoms with Crippen LogP contribution in [0.2, 0.25) is 0 Å². The highest BCUT2D eigenvalue weighted by Gasteiger charge is 2.12. The minimum Gasteiger partial charge on any atom is -0.381 e. The van der Waals surface area contributed by atoms with Gasteiger partial charge < -0.3 is 5.73 Å². The number of nitrogens with two attached hydrogens (primary N) is 1. The van der Waals surface area contributed by atoms with Crippen LogP contribution >= 0.6 is 15.9 Å². The highest BCUT2D eigenvalue weighted by atomic mass is 79.9. The van der Waals surface area contributed by atoms with Gasteiger partial charge in [-0.3, -0.25) is 0 Å². The first kappa shape index (κ1) is 8.39. The van der Waals surface area contributed by atoms with Crippen LogP contribution in [0.5, 0.6) is 0 Å². The second-order valence-electron chi connectivity index (χ2n) is 2.04. The van der Waals surface area contributed by atoms with E-state index in [9.17, 15) is 8.78 Å². The van der Waals surface area contributed by atoms with E-state index in [2.05, 4.69) is 20.9 Å². The molecule has 0 amide bonds. The molecule has 1 heterocycles. The topological polar surface area (TPSA) is 38.9 Å². The van der Waals surface area contributed by atoms with Crippen molar-refractivity contribution < 1.29 is 8.78 Å². The molecule has 0 aliphatic carbocycles. The number of rotatable bonds is 0. The largest absolute Gasteiger partial charge is 0.381 e. The van der Waals surface area contributed by atoms with Gasteiger partial charge in [0.15, 0.2) is 17.5 Å². The molecule has 11 heavy (non-hydrogen) atoms. The minimum atomic E-state index is -0.800. The molecule has 1 aromatic rings. The molecule has 0 spiro atoms. The molecule has 0 saturated carbocycles. The molecule has 1 rings (SSSR count). The third-order valence-electron chi connectivity index (χ3n) is 1.28. The molecule has 0 radical (unpaired) electrons. The number of pyridine rings is 1. The van der Waals surface area contributed by atoms with Gasteiger partial charge in [-0.1, -0.05) is 0 Å². The Morgan fingerprint density at radius 3 is 2.45 bits per heavy atom. The Balaban J connectivity index is 3.46. The first-order valence-corrected chi connectivity index (χ1v) is 3.60. The average molecular weight is 223 g/mol. The first-order chi connectivity index (χ1) is 5.04. The lowest BCUT2D eigenvalue weighted by atomic mass is 10.3. The summed E-state index contributed by atoms with van der Waals surface area (Å²) in [5.41, 5.74) is 4.99. The second kappa shape index (κ2) is 2.73. The molecule has 0 aliphatic heterocycles. The lowest BCUT2D eigenvalue weighted by Crippen LogP contribution is -2.01. The molecular weight excluding hydrogens is 218 g/mol. The van der Waals surface area contributed by atoms with Gasteiger partial charge in [-0.25, -0.2) is 13.8 Å². The third kappa shape index (κ3) is 1.33. The van der Waals surface area contributed by atoms with Crippen molar-refractivity contribution in [1.82, 2.24) is 4.98 Å². The fourth-order valence-corrected chi connectivity index (χ4v) is 1.14. The van der Waals surface area contributed by atoms with Crippen molar-refractivity contribution in [2.45, 2.75) is 6.92 Å². The number of anilines is 1. The number of nitrogen functional groups attached to an aromatic ring is 1. The van der Waals surface area contributed by atoms with Crippen LogP contribution in [0.4, 0.5) is 14.6 Å². The van der Waals surface area contributed by atoms with Crippen LogP contribution in [0.15, 0.2) is 4.60 Å². The lowest BCUT2D eigenvalue weighted by Gasteiger charge is -2.02. The molecule has 2 nitrogen and oxygen atoms in total. The Morgan fingerprint density at radius 2 is 1.91 bits per heavy atom. The Hall–Kier alpha value is -0.710. The van der Waals surface area contributed by atoms with Crippen molar-refractivity contribution in [1.29, 1.82) is 0 Å². The highest BCUT2D eigenvalue weighted by Crippen LogP contribution is 2.21. The average Bonchev–Trinajstić information content (AvgIpc) is 1.97. The highest BCUT2D eigenvalue weighted by molar-refractivity contribution is 9.10. The van der Waals surface area contributed by atoms with Gasteiger partial charge in [0, 0.05) is 5.56 Å². The Morgan fingerprint density at radius 1 is 1.36 bits per heavy atom. The summed E-state index contributed by atoms with van der Waals surface area (Å²) in [6.07, 6.45) is 0. The maximum Gasteiger partial charge on any atom is 0.171 e. The zero-order valence-corrected chi connectivity index (χ0v) is 7.24. The predicted octanol–water partition coefficient (Wildman–Crippen LogP) is 2.01. The zero-order valence-electron chi connectivity index (χ0n) is 5.66. The van der Waals surface area contributed by atoms with E-state index in [1.807, 2.05) is 0 Å². The van der Waals surface area contributed by atoms with Gasteiger partial charge in [0.2, 0.25) is 0 Å². The van der Waals surface area contributed by atoms with E-state index in [0.29, 0.717) is 0 Å². The predicted molar refractivity (Wildman–Crippen MR) is 41.0 cm³/mol. The summed E-state index contributed by atoms with van der Waals surface area (Å²) in [4.78, 5) is 3.38. The summed E-state index contributed by atoms with van der Waals surface area (Å²) >= 11 is 2.80. The Labute approximate surface area is 70.6 Å². The van der Waals surface area contributed by atoms with Crippen LogP contribution < -0.4 is 5.73 Å². The van der Waals surface area contributed by atoms with Crippen LogP contribution in [0.1, 0.15) is 5.56 Å². The molecular formula is C6H5BrF2N2. The fraction of sp³-hybridized carbons (Fsp3) is 0.167. The Bertz CT molecular complexity index is 275. The normalized spacial score (nSPS) is 10.2. The van der Waals surface area contributed by atoms with E-state index >= 15 is 0 Å².